The van der Waals surface area contributed by atoms with Gasteiger partial charge in [0.25, 0.3) is 5.95 Å². The number of aryl methyl sites for hydroxylation is 1. The van der Waals surface area contributed by atoms with E-state index in [2.05, 4.69) is 30.6 Å². The Labute approximate surface area is 77.9 Å². The first-order valence-electron chi connectivity index (χ1n) is 3.49. The molecular formula is C7H7BrN4. The van der Waals surface area contributed by atoms with E-state index in [1.165, 1.54) is 0 Å². The van der Waals surface area contributed by atoms with Crippen LogP contribution in [0.5, 0.6) is 0 Å². The van der Waals surface area contributed by atoms with Gasteiger partial charge in [0.1, 0.15) is 0 Å². The molecule has 0 saturated heterocycles. The van der Waals surface area contributed by atoms with Gasteiger partial charge in [-0.25, -0.2) is 4.52 Å². The number of anilines is 1. The topological polar surface area (TPSA) is 42.2 Å². The van der Waals surface area contributed by atoms with Crippen molar-refractivity contribution in [1.82, 2.24) is 14.6 Å². The van der Waals surface area contributed by atoms with Crippen LogP contribution in [0.2, 0.25) is 0 Å². The second kappa shape index (κ2) is 2.75. The highest BCUT2D eigenvalue weighted by Gasteiger charge is 1.99. The summed E-state index contributed by atoms with van der Waals surface area (Å²) < 4.78 is 4.44. The molecule has 0 radical (unpaired) electrons. The number of aromatic nitrogens is 3. The zero-order valence-corrected chi connectivity index (χ0v) is 8.04. The highest BCUT2D eigenvalue weighted by atomic mass is 79.9. The molecule has 0 aliphatic carbocycles. The zero-order valence-electron chi connectivity index (χ0n) is 6.45. The van der Waals surface area contributed by atoms with Gasteiger partial charge < -0.3 is 0 Å². The van der Waals surface area contributed by atoms with Gasteiger partial charge in [0.05, 0.1) is 0 Å². The summed E-state index contributed by atoms with van der Waals surface area (Å²) in [6, 6.07) is 3.93. The molecule has 0 atom stereocenters. The second-order valence-corrected chi connectivity index (χ2v) is 2.94. The lowest BCUT2D eigenvalue weighted by Crippen LogP contribution is -1.87. The van der Waals surface area contributed by atoms with Crippen LogP contribution in [-0.2, 0) is 0 Å². The van der Waals surface area contributed by atoms with E-state index in [4.69, 9.17) is 0 Å². The predicted octanol–water partition coefficient (Wildman–Crippen LogP) is 1.76. The van der Waals surface area contributed by atoms with E-state index in [-0.39, 0.29) is 0 Å². The van der Waals surface area contributed by atoms with Crippen LogP contribution in [0.3, 0.4) is 0 Å². The second-order valence-electron chi connectivity index (χ2n) is 2.54. The maximum atomic E-state index is 4.17. The van der Waals surface area contributed by atoms with E-state index < -0.39 is 0 Å². The van der Waals surface area contributed by atoms with Crippen LogP contribution in [0.1, 0.15) is 5.56 Å². The molecule has 0 bridgehead atoms. The molecule has 12 heavy (non-hydrogen) atoms. The van der Waals surface area contributed by atoms with Gasteiger partial charge in [-0.15, -0.1) is 5.10 Å². The van der Waals surface area contributed by atoms with Crippen molar-refractivity contribution >= 4 is 27.7 Å². The average molecular weight is 227 g/mol. The fraction of sp³-hybridized carbons (Fsp3) is 0.143. The summed E-state index contributed by atoms with van der Waals surface area (Å²) in [5.41, 5.74) is 2.00. The Kier molecular flexibility index (Phi) is 1.73. The zero-order chi connectivity index (χ0) is 8.55. The van der Waals surface area contributed by atoms with Crippen molar-refractivity contribution in [3.05, 3.63) is 23.9 Å². The minimum Gasteiger partial charge on any atom is -0.289 e. The molecule has 0 spiro atoms. The van der Waals surface area contributed by atoms with Crippen LogP contribution in [0, 0.1) is 6.92 Å². The molecule has 62 valence electrons. The molecule has 0 amide bonds. The molecule has 0 aliphatic rings. The highest BCUT2D eigenvalue weighted by molar-refractivity contribution is 9.10. The van der Waals surface area contributed by atoms with Crippen molar-refractivity contribution in [2.24, 2.45) is 0 Å². The summed E-state index contributed by atoms with van der Waals surface area (Å²) in [5.74, 6) is 0.570. The summed E-state index contributed by atoms with van der Waals surface area (Å²) >= 11 is 3.07. The third kappa shape index (κ3) is 1.16. The van der Waals surface area contributed by atoms with Gasteiger partial charge in [-0.1, -0.05) is 6.07 Å². The van der Waals surface area contributed by atoms with Crippen LogP contribution in [0.15, 0.2) is 18.3 Å². The van der Waals surface area contributed by atoms with E-state index in [0.717, 1.165) is 11.2 Å². The molecule has 0 saturated carbocycles. The van der Waals surface area contributed by atoms with Crippen LogP contribution in [0.4, 0.5) is 5.95 Å². The molecule has 4 nitrogen and oxygen atoms in total. The first kappa shape index (κ1) is 7.54. The standard InChI is InChI=1S/C7H7BrN4/c1-5-2-3-6-9-7(10-8)11-12(6)4-5/h2-4H,1H3,(H,10,11). The van der Waals surface area contributed by atoms with Crippen LogP contribution in [0.25, 0.3) is 5.65 Å². The summed E-state index contributed by atoms with van der Waals surface area (Å²) in [4.78, 5) is 4.17. The number of rotatable bonds is 1. The maximum Gasteiger partial charge on any atom is 0.253 e. The van der Waals surface area contributed by atoms with Gasteiger partial charge in [-0.05, 0) is 18.6 Å². The fourth-order valence-electron chi connectivity index (χ4n) is 1.03. The quantitative estimate of drug-likeness (QED) is 0.754. The molecule has 2 heterocycles. The molecule has 1 N–H and O–H groups in total. The Bertz CT molecular complexity index is 409. The Morgan fingerprint density at radius 3 is 3.08 bits per heavy atom. The lowest BCUT2D eigenvalue weighted by atomic mass is 10.3. The molecule has 0 unspecified atom stereocenters. The number of halogens is 1. The Morgan fingerprint density at radius 1 is 1.50 bits per heavy atom. The van der Waals surface area contributed by atoms with Crippen LogP contribution < -0.4 is 4.34 Å². The van der Waals surface area contributed by atoms with Gasteiger partial charge in [-0.2, -0.15) is 4.98 Å². The van der Waals surface area contributed by atoms with Crippen molar-refractivity contribution in [3.63, 3.8) is 0 Å². The molecule has 2 rings (SSSR count). The van der Waals surface area contributed by atoms with Gasteiger partial charge in [-0.3, -0.25) is 4.34 Å². The van der Waals surface area contributed by atoms with Gasteiger partial charge in [0, 0.05) is 22.3 Å². The Morgan fingerprint density at radius 2 is 2.33 bits per heavy atom. The van der Waals surface area contributed by atoms with E-state index in [1.54, 1.807) is 4.52 Å². The number of nitrogens with zero attached hydrogens (tertiary/aromatic N) is 3. The van der Waals surface area contributed by atoms with Crippen molar-refractivity contribution in [1.29, 1.82) is 0 Å². The lowest BCUT2D eigenvalue weighted by Gasteiger charge is -1.91. The van der Waals surface area contributed by atoms with Crippen LogP contribution >= 0.6 is 16.1 Å². The molecule has 2 aromatic heterocycles. The molecule has 0 fully saturated rings. The highest BCUT2D eigenvalue weighted by Crippen LogP contribution is 2.07. The van der Waals surface area contributed by atoms with Crippen molar-refractivity contribution in [2.45, 2.75) is 6.92 Å². The first-order valence-corrected chi connectivity index (χ1v) is 4.28. The molecule has 0 aromatic carbocycles. The molecule has 5 heteroatoms. The first-order chi connectivity index (χ1) is 5.79. The largest absolute Gasteiger partial charge is 0.289 e. The van der Waals surface area contributed by atoms with Crippen molar-refractivity contribution in [3.8, 4) is 0 Å². The number of fused-ring (bicyclic) bond motifs is 1. The monoisotopic (exact) mass is 226 g/mol. The van der Waals surface area contributed by atoms with Gasteiger partial charge in [0.15, 0.2) is 5.65 Å². The van der Waals surface area contributed by atoms with E-state index in [0.29, 0.717) is 5.95 Å². The summed E-state index contributed by atoms with van der Waals surface area (Å²) in [6.45, 7) is 2.02. The maximum absolute atomic E-state index is 4.17. The smallest absolute Gasteiger partial charge is 0.253 e. The third-order valence-corrected chi connectivity index (χ3v) is 1.92. The van der Waals surface area contributed by atoms with E-state index >= 15 is 0 Å². The minimum atomic E-state index is 0.570. The van der Waals surface area contributed by atoms with Crippen LogP contribution in [-0.4, -0.2) is 14.6 Å². The number of pyridine rings is 1. The van der Waals surface area contributed by atoms with Crippen molar-refractivity contribution < 1.29 is 0 Å². The number of hydrogen-bond acceptors (Lipinski definition) is 3. The number of nitrogens with one attached hydrogen (secondary N) is 1. The van der Waals surface area contributed by atoms with E-state index in [1.807, 2.05) is 25.3 Å². The lowest BCUT2D eigenvalue weighted by molar-refractivity contribution is 0.958. The fourth-order valence-corrected chi connectivity index (χ4v) is 1.19. The summed E-state index contributed by atoms with van der Waals surface area (Å²) in [5, 5.41) is 4.14. The van der Waals surface area contributed by atoms with Gasteiger partial charge in [0.2, 0.25) is 0 Å². The average Bonchev–Trinajstić information content (AvgIpc) is 2.46. The van der Waals surface area contributed by atoms with Gasteiger partial charge >= 0.3 is 0 Å². The minimum absolute atomic E-state index is 0.570. The molecule has 0 aliphatic heterocycles. The Balaban J connectivity index is 2.67. The third-order valence-electron chi connectivity index (χ3n) is 1.56. The normalized spacial score (nSPS) is 10.5. The number of hydrogen-bond donors (Lipinski definition) is 1. The molecule has 2 aromatic rings. The summed E-state index contributed by atoms with van der Waals surface area (Å²) in [7, 11) is 0. The summed E-state index contributed by atoms with van der Waals surface area (Å²) in [6.07, 6.45) is 1.93. The molecular weight excluding hydrogens is 220 g/mol. The predicted molar refractivity (Wildman–Crippen MR) is 50.3 cm³/mol. The SMILES string of the molecule is Cc1ccc2nc(NBr)nn2c1. The van der Waals surface area contributed by atoms with E-state index in [9.17, 15) is 0 Å². The van der Waals surface area contributed by atoms with Crippen molar-refractivity contribution in [2.75, 3.05) is 4.34 Å². The Hall–Kier alpha value is -1.10.